The van der Waals surface area contributed by atoms with Crippen LogP contribution in [0.3, 0.4) is 0 Å². The number of benzene rings is 1. The second kappa shape index (κ2) is 4.99. The van der Waals surface area contributed by atoms with E-state index in [0.29, 0.717) is 17.5 Å². The van der Waals surface area contributed by atoms with Gasteiger partial charge < -0.3 is 5.32 Å². The topological polar surface area (TPSA) is 63.2 Å². The summed E-state index contributed by atoms with van der Waals surface area (Å²) in [5.41, 5.74) is 1.44. The summed E-state index contributed by atoms with van der Waals surface area (Å²) in [5, 5.41) is 2.97. The van der Waals surface area contributed by atoms with Gasteiger partial charge in [0.25, 0.3) is 15.0 Å². The van der Waals surface area contributed by atoms with Crippen molar-refractivity contribution >= 4 is 25.6 Å². The predicted octanol–water partition coefficient (Wildman–Crippen LogP) is 2.84. The van der Waals surface area contributed by atoms with E-state index in [1.165, 1.54) is 37.8 Å². The van der Waals surface area contributed by atoms with E-state index in [4.69, 9.17) is 10.7 Å². The molecule has 0 bridgehead atoms. The van der Waals surface area contributed by atoms with Gasteiger partial charge in [-0.25, -0.2) is 8.42 Å². The molecule has 21 heavy (non-hydrogen) atoms. The van der Waals surface area contributed by atoms with E-state index < -0.39 is 9.05 Å². The number of amides is 1. The fourth-order valence-electron chi connectivity index (χ4n) is 2.93. The molecular weight excluding hydrogens is 310 g/mol. The molecule has 1 aromatic carbocycles. The quantitative estimate of drug-likeness (QED) is 0.846. The first-order valence-corrected chi connectivity index (χ1v) is 9.46. The van der Waals surface area contributed by atoms with Gasteiger partial charge in [0, 0.05) is 22.8 Å². The Morgan fingerprint density at radius 3 is 2.57 bits per heavy atom. The summed E-state index contributed by atoms with van der Waals surface area (Å²) in [5.74, 6) is 0.551. The van der Waals surface area contributed by atoms with Crippen molar-refractivity contribution in [2.24, 2.45) is 11.3 Å². The summed E-state index contributed by atoms with van der Waals surface area (Å²) in [4.78, 5) is 12.3. The Balaban J connectivity index is 1.74. The highest BCUT2D eigenvalue weighted by atomic mass is 35.7. The van der Waals surface area contributed by atoms with Crippen molar-refractivity contribution in [3.63, 3.8) is 0 Å². The van der Waals surface area contributed by atoms with Gasteiger partial charge in [0.05, 0.1) is 4.90 Å². The average molecular weight is 328 g/mol. The highest BCUT2D eigenvalue weighted by Gasteiger charge is 2.53. The van der Waals surface area contributed by atoms with E-state index in [0.717, 1.165) is 11.5 Å². The molecule has 2 aliphatic rings. The molecule has 0 atom stereocenters. The van der Waals surface area contributed by atoms with Gasteiger partial charge in [0.1, 0.15) is 0 Å². The fraction of sp³-hybridized carbons (Fsp3) is 0.533. The molecule has 6 heteroatoms. The SMILES string of the molecule is Cc1ccc(S(=O)(=O)Cl)cc1C(=O)NCC1(C2CC2)CC1. The number of hydrogen-bond acceptors (Lipinski definition) is 3. The summed E-state index contributed by atoms with van der Waals surface area (Å²) < 4.78 is 22.8. The first kappa shape index (κ1) is 14.9. The largest absolute Gasteiger partial charge is 0.351 e. The lowest BCUT2D eigenvalue weighted by molar-refractivity contribution is 0.0942. The molecule has 0 spiro atoms. The second-order valence-corrected chi connectivity index (χ2v) is 8.80. The van der Waals surface area contributed by atoms with Gasteiger partial charge in [-0.05, 0) is 61.6 Å². The maximum Gasteiger partial charge on any atom is 0.261 e. The highest BCUT2D eigenvalue weighted by molar-refractivity contribution is 8.13. The first-order valence-electron chi connectivity index (χ1n) is 7.15. The molecule has 0 saturated heterocycles. The molecule has 1 N–H and O–H groups in total. The Morgan fingerprint density at radius 1 is 1.38 bits per heavy atom. The van der Waals surface area contributed by atoms with Gasteiger partial charge in [-0.3, -0.25) is 4.79 Å². The number of rotatable bonds is 5. The summed E-state index contributed by atoms with van der Waals surface area (Å²) in [6, 6.07) is 4.38. The number of halogens is 1. The van der Waals surface area contributed by atoms with Crippen LogP contribution in [0.25, 0.3) is 0 Å². The van der Waals surface area contributed by atoms with Crippen LogP contribution in [0.15, 0.2) is 23.1 Å². The van der Waals surface area contributed by atoms with Crippen LogP contribution in [0.4, 0.5) is 0 Å². The van der Waals surface area contributed by atoms with Crippen LogP contribution in [-0.4, -0.2) is 20.9 Å². The number of carbonyl (C=O) groups is 1. The van der Waals surface area contributed by atoms with Gasteiger partial charge in [0.15, 0.2) is 0 Å². The molecule has 2 aliphatic carbocycles. The number of aryl methyl sites for hydroxylation is 1. The molecule has 0 radical (unpaired) electrons. The van der Waals surface area contributed by atoms with E-state index in [-0.39, 0.29) is 10.8 Å². The number of hydrogen-bond donors (Lipinski definition) is 1. The normalized spacial score (nSPS) is 20.1. The molecule has 0 aliphatic heterocycles. The smallest absolute Gasteiger partial charge is 0.261 e. The van der Waals surface area contributed by atoms with Crippen molar-refractivity contribution in [2.75, 3.05) is 6.54 Å². The van der Waals surface area contributed by atoms with Crippen LogP contribution in [0.1, 0.15) is 41.6 Å². The third-order valence-corrected chi connectivity index (χ3v) is 6.02. The lowest BCUT2D eigenvalue weighted by Gasteiger charge is -2.16. The van der Waals surface area contributed by atoms with Crippen molar-refractivity contribution in [2.45, 2.75) is 37.5 Å². The van der Waals surface area contributed by atoms with Gasteiger partial charge >= 0.3 is 0 Å². The third kappa shape index (κ3) is 3.09. The van der Waals surface area contributed by atoms with E-state index in [1.807, 2.05) is 0 Å². The van der Waals surface area contributed by atoms with Gasteiger partial charge in [0.2, 0.25) is 0 Å². The molecule has 3 rings (SSSR count). The van der Waals surface area contributed by atoms with Crippen molar-refractivity contribution in [3.05, 3.63) is 29.3 Å². The Kier molecular flexibility index (Phi) is 3.53. The van der Waals surface area contributed by atoms with Crippen molar-refractivity contribution in [1.82, 2.24) is 5.32 Å². The zero-order chi connectivity index (χ0) is 15.3. The molecule has 2 saturated carbocycles. The Morgan fingerprint density at radius 2 is 2.05 bits per heavy atom. The summed E-state index contributed by atoms with van der Waals surface area (Å²) in [7, 11) is 1.52. The van der Waals surface area contributed by atoms with Crippen LogP contribution in [0, 0.1) is 18.3 Å². The molecule has 1 amide bonds. The first-order chi connectivity index (χ1) is 9.82. The fourth-order valence-corrected chi connectivity index (χ4v) is 3.71. The highest BCUT2D eigenvalue weighted by Crippen LogP contribution is 2.60. The zero-order valence-corrected chi connectivity index (χ0v) is 13.4. The predicted molar refractivity (Wildman–Crippen MR) is 80.9 cm³/mol. The maximum atomic E-state index is 12.3. The third-order valence-electron chi connectivity index (χ3n) is 4.67. The minimum absolute atomic E-state index is 0.0387. The Labute approximate surface area is 129 Å². The van der Waals surface area contributed by atoms with Crippen LogP contribution in [0.2, 0.25) is 0 Å². The van der Waals surface area contributed by atoms with Crippen LogP contribution in [0.5, 0.6) is 0 Å². The minimum atomic E-state index is -3.82. The van der Waals surface area contributed by atoms with Crippen molar-refractivity contribution < 1.29 is 13.2 Å². The number of nitrogens with one attached hydrogen (secondary N) is 1. The van der Waals surface area contributed by atoms with Gasteiger partial charge in [-0.15, -0.1) is 0 Å². The minimum Gasteiger partial charge on any atom is -0.351 e. The van der Waals surface area contributed by atoms with Crippen molar-refractivity contribution in [3.8, 4) is 0 Å². The monoisotopic (exact) mass is 327 g/mol. The standard InChI is InChI=1S/C15H18ClNO3S/c1-10-2-5-12(21(16,19)20)8-13(10)14(18)17-9-15(6-7-15)11-3-4-11/h2,5,8,11H,3-4,6-7,9H2,1H3,(H,17,18). The Hall–Kier alpha value is -1.07. The number of carbonyl (C=O) groups excluding carboxylic acids is 1. The lowest BCUT2D eigenvalue weighted by atomic mass is 10.0. The molecular formula is C15H18ClNO3S. The van der Waals surface area contributed by atoms with E-state index >= 15 is 0 Å². The molecule has 1 aromatic rings. The lowest BCUT2D eigenvalue weighted by Crippen LogP contribution is -2.31. The molecule has 2 fully saturated rings. The Bertz CT molecular complexity index is 691. The summed E-state index contributed by atoms with van der Waals surface area (Å²) in [6.07, 6.45) is 4.92. The van der Waals surface area contributed by atoms with Gasteiger partial charge in [-0.1, -0.05) is 6.07 Å². The van der Waals surface area contributed by atoms with E-state index in [9.17, 15) is 13.2 Å². The zero-order valence-electron chi connectivity index (χ0n) is 11.9. The van der Waals surface area contributed by atoms with Crippen LogP contribution in [-0.2, 0) is 9.05 Å². The average Bonchev–Trinajstić information content (AvgIpc) is 3.25. The molecule has 4 nitrogen and oxygen atoms in total. The molecule has 0 unspecified atom stereocenters. The van der Waals surface area contributed by atoms with Crippen molar-refractivity contribution in [1.29, 1.82) is 0 Å². The van der Waals surface area contributed by atoms with E-state index in [2.05, 4.69) is 5.32 Å². The molecule has 0 aromatic heterocycles. The molecule has 0 heterocycles. The summed E-state index contributed by atoms with van der Waals surface area (Å²) >= 11 is 0. The van der Waals surface area contributed by atoms with E-state index in [1.54, 1.807) is 13.0 Å². The van der Waals surface area contributed by atoms with Crippen LogP contribution >= 0.6 is 10.7 Å². The molecule has 114 valence electrons. The maximum absolute atomic E-state index is 12.3. The van der Waals surface area contributed by atoms with Crippen LogP contribution < -0.4 is 5.32 Å². The summed E-state index contributed by atoms with van der Waals surface area (Å²) in [6.45, 7) is 2.47. The van der Waals surface area contributed by atoms with Gasteiger partial charge in [-0.2, -0.15) is 0 Å². The second-order valence-electron chi connectivity index (χ2n) is 6.23.